The van der Waals surface area contributed by atoms with Crippen LogP contribution in [-0.4, -0.2) is 25.5 Å². The minimum Gasteiger partial charge on any atom is -0.497 e. The first-order chi connectivity index (χ1) is 16.0. The SMILES string of the molecule is COc1ccc(NC(=O)/C(C#N)=C/c2ccc(OCC(=O)Nc3ccccc3Cl)cc2)cc1. The summed E-state index contributed by atoms with van der Waals surface area (Å²) in [5.41, 5.74) is 1.62. The molecule has 3 aromatic carbocycles. The highest BCUT2D eigenvalue weighted by Crippen LogP contribution is 2.21. The third kappa shape index (κ3) is 6.86. The Morgan fingerprint density at radius 1 is 0.970 bits per heavy atom. The van der Waals surface area contributed by atoms with E-state index in [1.165, 1.54) is 6.08 Å². The summed E-state index contributed by atoms with van der Waals surface area (Å²) in [6.07, 6.45) is 1.47. The van der Waals surface area contributed by atoms with Gasteiger partial charge < -0.3 is 20.1 Å². The molecule has 7 nitrogen and oxygen atoms in total. The van der Waals surface area contributed by atoms with E-state index in [1.807, 2.05) is 6.07 Å². The van der Waals surface area contributed by atoms with Crippen LogP contribution >= 0.6 is 11.6 Å². The van der Waals surface area contributed by atoms with Crippen LogP contribution in [0.15, 0.2) is 78.4 Å². The number of nitrogens with zero attached hydrogens (tertiary/aromatic N) is 1. The molecule has 33 heavy (non-hydrogen) atoms. The number of hydrogen-bond donors (Lipinski definition) is 2. The number of hydrogen-bond acceptors (Lipinski definition) is 5. The highest BCUT2D eigenvalue weighted by atomic mass is 35.5. The number of amides is 2. The second kappa shape index (κ2) is 11.4. The van der Waals surface area contributed by atoms with Crippen molar-refractivity contribution in [2.45, 2.75) is 0 Å². The molecule has 8 heteroatoms. The predicted molar refractivity (Wildman–Crippen MR) is 127 cm³/mol. The normalized spacial score (nSPS) is 10.6. The molecule has 0 bridgehead atoms. The van der Waals surface area contributed by atoms with Crippen LogP contribution in [-0.2, 0) is 9.59 Å². The van der Waals surface area contributed by atoms with E-state index in [0.29, 0.717) is 33.5 Å². The van der Waals surface area contributed by atoms with Crippen LogP contribution in [0.3, 0.4) is 0 Å². The number of rotatable bonds is 8. The molecule has 0 aliphatic carbocycles. The number of anilines is 2. The number of methoxy groups -OCH3 is 1. The lowest BCUT2D eigenvalue weighted by atomic mass is 10.1. The van der Waals surface area contributed by atoms with Crippen LogP contribution in [0.4, 0.5) is 11.4 Å². The van der Waals surface area contributed by atoms with Crippen LogP contribution in [0.25, 0.3) is 6.08 Å². The average molecular weight is 462 g/mol. The summed E-state index contributed by atoms with van der Waals surface area (Å²) in [4.78, 5) is 24.5. The number of halogens is 1. The molecule has 0 fully saturated rings. The van der Waals surface area contributed by atoms with Gasteiger partial charge in [-0.05, 0) is 60.2 Å². The van der Waals surface area contributed by atoms with Crippen molar-refractivity contribution in [1.29, 1.82) is 5.26 Å². The maximum absolute atomic E-state index is 12.4. The van der Waals surface area contributed by atoms with Crippen molar-refractivity contribution < 1.29 is 19.1 Å². The van der Waals surface area contributed by atoms with Gasteiger partial charge in [-0.3, -0.25) is 9.59 Å². The molecule has 0 aromatic heterocycles. The fourth-order valence-corrected chi connectivity index (χ4v) is 2.93. The summed E-state index contributed by atoms with van der Waals surface area (Å²) >= 11 is 6.02. The predicted octanol–water partition coefficient (Wildman–Crippen LogP) is 4.91. The largest absolute Gasteiger partial charge is 0.497 e. The summed E-state index contributed by atoms with van der Waals surface area (Å²) in [7, 11) is 1.55. The minimum absolute atomic E-state index is 0.0568. The van der Waals surface area contributed by atoms with Gasteiger partial charge in [-0.1, -0.05) is 35.9 Å². The van der Waals surface area contributed by atoms with E-state index in [2.05, 4.69) is 10.6 Å². The van der Waals surface area contributed by atoms with Crippen molar-refractivity contribution in [2.75, 3.05) is 24.4 Å². The first-order valence-corrected chi connectivity index (χ1v) is 10.2. The van der Waals surface area contributed by atoms with Gasteiger partial charge in [-0.25, -0.2) is 0 Å². The topological polar surface area (TPSA) is 100 Å². The van der Waals surface area contributed by atoms with Crippen molar-refractivity contribution in [2.24, 2.45) is 0 Å². The fourth-order valence-electron chi connectivity index (χ4n) is 2.75. The zero-order valence-electron chi connectivity index (χ0n) is 17.7. The number of carbonyl (C=O) groups excluding carboxylic acids is 2. The van der Waals surface area contributed by atoms with Crippen molar-refractivity contribution in [1.82, 2.24) is 0 Å². The van der Waals surface area contributed by atoms with Gasteiger partial charge in [0.2, 0.25) is 0 Å². The lowest BCUT2D eigenvalue weighted by molar-refractivity contribution is -0.118. The number of nitrogens with one attached hydrogen (secondary N) is 2. The van der Waals surface area contributed by atoms with Crippen LogP contribution in [0.1, 0.15) is 5.56 Å². The summed E-state index contributed by atoms with van der Waals surface area (Å²) < 4.78 is 10.6. The molecule has 0 radical (unpaired) electrons. The van der Waals surface area contributed by atoms with Gasteiger partial charge in [-0.15, -0.1) is 0 Å². The quantitative estimate of drug-likeness (QED) is 0.366. The Balaban J connectivity index is 1.57. The fraction of sp³-hybridized carbons (Fsp3) is 0.0800. The van der Waals surface area contributed by atoms with E-state index in [0.717, 1.165) is 0 Å². The maximum atomic E-state index is 12.4. The van der Waals surface area contributed by atoms with Crippen molar-refractivity contribution >= 4 is 40.9 Å². The van der Waals surface area contributed by atoms with Gasteiger partial charge in [0.05, 0.1) is 17.8 Å². The van der Waals surface area contributed by atoms with E-state index in [9.17, 15) is 14.9 Å². The number of nitriles is 1. The highest BCUT2D eigenvalue weighted by molar-refractivity contribution is 6.33. The van der Waals surface area contributed by atoms with Gasteiger partial charge in [0, 0.05) is 5.69 Å². The zero-order chi connectivity index (χ0) is 23.6. The van der Waals surface area contributed by atoms with Crippen LogP contribution < -0.4 is 20.1 Å². The zero-order valence-corrected chi connectivity index (χ0v) is 18.4. The van der Waals surface area contributed by atoms with Crippen molar-refractivity contribution in [3.63, 3.8) is 0 Å². The molecule has 0 spiro atoms. The molecular formula is C25H20ClN3O4. The average Bonchev–Trinajstić information content (AvgIpc) is 2.84. The Bertz CT molecular complexity index is 1200. The Labute approximate surface area is 196 Å². The van der Waals surface area contributed by atoms with E-state index in [1.54, 1.807) is 79.9 Å². The number of benzene rings is 3. The Morgan fingerprint density at radius 3 is 2.27 bits per heavy atom. The van der Waals surface area contributed by atoms with Gasteiger partial charge >= 0.3 is 0 Å². The van der Waals surface area contributed by atoms with E-state index < -0.39 is 5.91 Å². The summed E-state index contributed by atoms with van der Waals surface area (Å²) in [5, 5.41) is 15.2. The highest BCUT2D eigenvalue weighted by Gasteiger charge is 2.10. The Morgan fingerprint density at radius 2 is 1.64 bits per heavy atom. The molecule has 166 valence electrons. The summed E-state index contributed by atoms with van der Waals surface area (Å²) in [6, 6.07) is 22.2. The van der Waals surface area contributed by atoms with E-state index in [4.69, 9.17) is 21.1 Å². The second-order valence-electron chi connectivity index (χ2n) is 6.74. The molecule has 0 saturated heterocycles. The summed E-state index contributed by atoms with van der Waals surface area (Å²) in [6.45, 7) is -0.200. The van der Waals surface area contributed by atoms with Gasteiger partial charge in [0.25, 0.3) is 11.8 Å². The van der Waals surface area contributed by atoms with Crippen LogP contribution in [0.2, 0.25) is 5.02 Å². The number of para-hydroxylation sites is 1. The monoisotopic (exact) mass is 461 g/mol. The third-order valence-corrected chi connectivity index (χ3v) is 4.75. The van der Waals surface area contributed by atoms with E-state index >= 15 is 0 Å². The molecule has 0 aliphatic heterocycles. The molecule has 0 aliphatic rings. The maximum Gasteiger partial charge on any atom is 0.266 e. The Kier molecular flexibility index (Phi) is 8.06. The third-order valence-electron chi connectivity index (χ3n) is 4.42. The number of carbonyl (C=O) groups is 2. The van der Waals surface area contributed by atoms with Crippen molar-refractivity contribution in [3.8, 4) is 17.6 Å². The standard InChI is InChI=1S/C25H20ClN3O4/c1-32-20-12-8-19(9-13-20)28-25(31)18(15-27)14-17-6-10-21(11-7-17)33-16-24(30)29-23-5-3-2-4-22(23)26/h2-14H,16H2,1H3,(H,28,31)(H,29,30)/b18-14+. The van der Waals surface area contributed by atoms with Crippen LogP contribution in [0.5, 0.6) is 11.5 Å². The van der Waals surface area contributed by atoms with Crippen LogP contribution in [0, 0.1) is 11.3 Å². The molecule has 3 aromatic rings. The Hall–Kier alpha value is -4.28. The van der Waals surface area contributed by atoms with E-state index in [-0.39, 0.29) is 18.1 Å². The molecular weight excluding hydrogens is 442 g/mol. The molecule has 0 atom stereocenters. The smallest absolute Gasteiger partial charge is 0.266 e. The van der Waals surface area contributed by atoms with Gasteiger partial charge in [0.15, 0.2) is 6.61 Å². The molecule has 2 N–H and O–H groups in total. The molecule has 3 rings (SSSR count). The summed E-state index contributed by atoms with van der Waals surface area (Å²) in [5.74, 6) is 0.239. The minimum atomic E-state index is -0.528. The molecule has 0 saturated carbocycles. The number of ether oxygens (including phenoxy) is 2. The van der Waals surface area contributed by atoms with Crippen molar-refractivity contribution in [3.05, 3.63) is 89.0 Å². The molecule has 0 heterocycles. The first kappa shape index (κ1) is 23.4. The first-order valence-electron chi connectivity index (χ1n) is 9.83. The van der Waals surface area contributed by atoms with Gasteiger partial charge in [-0.2, -0.15) is 5.26 Å². The lowest BCUT2D eigenvalue weighted by Gasteiger charge is -2.09. The second-order valence-corrected chi connectivity index (χ2v) is 7.15. The lowest BCUT2D eigenvalue weighted by Crippen LogP contribution is -2.20. The van der Waals surface area contributed by atoms with Gasteiger partial charge in [0.1, 0.15) is 23.1 Å². The molecule has 2 amide bonds. The molecule has 0 unspecified atom stereocenters.